The molecule has 1 N–H and O–H groups in total. The van der Waals surface area contributed by atoms with E-state index in [-0.39, 0.29) is 11.8 Å². The summed E-state index contributed by atoms with van der Waals surface area (Å²) in [6.45, 7) is 2.80. The quantitative estimate of drug-likeness (QED) is 0.483. The van der Waals surface area contributed by atoms with Crippen LogP contribution in [-0.2, 0) is 9.59 Å². The molecule has 0 radical (unpaired) electrons. The Morgan fingerprint density at radius 3 is 2.23 bits per heavy atom. The predicted molar refractivity (Wildman–Crippen MR) is 49.1 cm³/mol. The van der Waals surface area contributed by atoms with E-state index in [1.165, 1.54) is 25.0 Å². The summed E-state index contributed by atoms with van der Waals surface area (Å²) in [6.07, 6.45) is 7.18. The van der Waals surface area contributed by atoms with E-state index in [1.807, 2.05) is 0 Å². The van der Waals surface area contributed by atoms with E-state index in [4.69, 9.17) is 0 Å². The van der Waals surface area contributed by atoms with Gasteiger partial charge in [0.1, 0.15) is 0 Å². The SMILES string of the molecule is CCCCCC[NH+]1C(=O)C=CC1=O. The number of amides is 2. The minimum atomic E-state index is -0.0819. The van der Waals surface area contributed by atoms with Crippen molar-refractivity contribution < 1.29 is 14.5 Å². The van der Waals surface area contributed by atoms with Crippen molar-refractivity contribution in [2.75, 3.05) is 6.54 Å². The van der Waals surface area contributed by atoms with Crippen LogP contribution in [0.3, 0.4) is 0 Å². The van der Waals surface area contributed by atoms with E-state index in [2.05, 4.69) is 6.92 Å². The van der Waals surface area contributed by atoms with E-state index in [1.54, 1.807) is 0 Å². The van der Waals surface area contributed by atoms with Gasteiger partial charge in [-0.15, -0.1) is 0 Å². The van der Waals surface area contributed by atoms with Crippen molar-refractivity contribution in [1.82, 2.24) is 0 Å². The van der Waals surface area contributed by atoms with E-state index >= 15 is 0 Å². The Labute approximate surface area is 78.4 Å². The van der Waals surface area contributed by atoms with Crippen LogP contribution in [0.2, 0.25) is 0 Å². The molecule has 0 aromatic heterocycles. The Bertz CT molecular complexity index is 215. The molecule has 0 fully saturated rings. The molecule has 1 heterocycles. The highest BCUT2D eigenvalue weighted by molar-refractivity contribution is 6.01. The number of unbranched alkanes of at least 4 members (excludes halogenated alkanes) is 3. The van der Waals surface area contributed by atoms with Crippen LogP contribution in [0.5, 0.6) is 0 Å². The van der Waals surface area contributed by atoms with Gasteiger partial charge in [-0.1, -0.05) is 19.8 Å². The fourth-order valence-corrected chi connectivity index (χ4v) is 1.45. The van der Waals surface area contributed by atoms with Gasteiger partial charge in [-0.3, -0.25) is 0 Å². The summed E-state index contributed by atoms with van der Waals surface area (Å²) in [5.41, 5.74) is 0. The number of carbonyl (C=O) groups excluding carboxylic acids is 2. The summed E-state index contributed by atoms with van der Waals surface area (Å²) in [7, 11) is 0. The lowest BCUT2D eigenvalue weighted by atomic mass is 10.2. The number of hydrogen-bond donors (Lipinski definition) is 1. The van der Waals surface area contributed by atoms with E-state index in [9.17, 15) is 9.59 Å². The fraction of sp³-hybridized carbons (Fsp3) is 0.600. The maximum atomic E-state index is 11.1. The molecule has 1 aliphatic heterocycles. The summed E-state index contributed by atoms with van der Waals surface area (Å²) in [4.78, 5) is 22.7. The topological polar surface area (TPSA) is 38.6 Å². The molecule has 0 aliphatic carbocycles. The highest BCUT2D eigenvalue weighted by Crippen LogP contribution is 1.96. The molecule has 0 spiro atoms. The normalized spacial score (nSPS) is 17.3. The summed E-state index contributed by atoms with van der Waals surface area (Å²) in [5, 5.41) is 0. The number of rotatable bonds is 5. The first-order valence-electron chi connectivity index (χ1n) is 4.88. The summed E-state index contributed by atoms with van der Waals surface area (Å²) >= 11 is 0. The molecule has 3 heteroatoms. The number of quaternary nitrogens is 1. The summed E-state index contributed by atoms with van der Waals surface area (Å²) < 4.78 is 0. The Kier molecular flexibility index (Phi) is 3.83. The van der Waals surface area contributed by atoms with Gasteiger partial charge in [-0.05, 0) is 12.8 Å². The van der Waals surface area contributed by atoms with Gasteiger partial charge >= 0.3 is 11.8 Å². The fourth-order valence-electron chi connectivity index (χ4n) is 1.45. The molecule has 1 rings (SSSR count). The molecule has 0 unspecified atom stereocenters. The van der Waals surface area contributed by atoms with Crippen LogP contribution in [0.15, 0.2) is 12.2 Å². The van der Waals surface area contributed by atoms with Crippen LogP contribution in [0, 0.1) is 0 Å². The van der Waals surface area contributed by atoms with E-state index in [0.29, 0.717) is 11.4 Å². The molecule has 0 saturated carbocycles. The van der Waals surface area contributed by atoms with Crippen LogP contribution in [0.4, 0.5) is 0 Å². The van der Waals surface area contributed by atoms with Crippen molar-refractivity contribution in [3.8, 4) is 0 Å². The highest BCUT2D eigenvalue weighted by Gasteiger charge is 2.28. The molecule has 1 aliphatic rings. The maximum Gasteiger partial charge on any atom is 0.345 e. The molecule has 0 aromatic rings. The molecule has 0 bridgehead atoms. The number of hydrogen-bond acceptors (Lipinski definition) is 2. The molecule has 13 heavy (non-hydrogen) atoms. The second kappa shape index (κ2) is 4.92. The largest absolute Gasteiger partial charge is 0.345 e. The van der Waals surface area contributed by atoms with Crippen molar-refractivity contribution >= 4 is 11.8 Å². The monoisotopic (exact) mass is 182 g/mol. The average Bonchev–Trinajstić information content (AvgIpc) is 2.42. The molecular formula is C10H16NO2+. The number of carbonyl (C=O) groups is 2. The lowest BCUT2D eigenvalue weighted by Crippen LogP contribution is -3.15. The van der Waals surface area contributed by atoms with Crippen molar-refractivity contribution in [3.63, 3.8) is 0 Å². The van der Waals surface area contributed by atoms with Gasteiger partial charge < -0.3 is 0 Å². The first kappa shape index (κ1) is 10.1. The Balaban J connectivity index is 2.22. The van der Waals surface area contributed by atoms with Gasteiger partial charge in [0.2, 0.25) is 0 Å². The van der Waals surface area contributed by atoms with Gasteiger partial charge in [-0.2, -0.15) is 0 Å². The zero-order valence-corrected chi connectivity index (χ0v) is 8.01. The van der Waals surface area contributed by atoms with Crippen molar-refractivity contribution in [3.05, 3.63) is 12.2 Å². The number of imide groups is 1. The average molecular weight is 182 g/mol. The van der Waals surface area contributed by atoms with Gasteiger partial charge in [0.05, 0.1) is 18.7 Å². The third kappa shape index (κ3) is 2.77. The third-order valence-corrected chi connectivity index (χ3v) is 2.26. The zero-order chi connectivity index (χ0) is 9.68. The second-order valence-corrected chi connectivity index (χ2v) is 3.35. The van der Waals surface area contributed by atoms with Crippen LogP contribution in [-0.4, -0.2) is 18.4 Å². The summed E-state index contributed by atoms with van der Waals surface area (Å²) in [5.74, 6) is -0.164. The standard InChI is InChI=1S/C10H15NO2/c1-2-3-4-5-8-11-9(12)6-7-10(11)13/h6-7H,2-5,8H2,1H3/p+1. The molecule has 2 amide bonds. The molecule has 0 atom stereocenters. The third-order valence-electron chi connectivity index (χ3n) is 2.26. The van der Waals surface area contributed by atoms with Crippen LogP contribution < -0.4 is 4.90 Å². The van der Waals surface area contributed by atoms with E-state index < -0.39 is 0 Å². The lowest BCUT2D eigenvalue weighted by Gasteiger charge is -2.06. The number of nitrogens with one attached hydrogen (secondary N) is 1. The van der Waals surface area contributed by atoms with Gasteiger partial charge in [0, 0.05) is 0 Å². The van der Waals surface area contributed by atoms with Crippen molar-refractivity contribution in [2.24, 2.45) is 0 Å². The first-order chi connectivity index (χ1) is 6.25. The maximum absolute atomic E-state index is 11.1. The van der Waals surface area contributed by atoms with Gasteiger partial charge in [-0.25, -0.2) is 14.5 Å². The Morgan fingerprint density at radius 1 is 1.08 bits per heavy atom. The summed E-state index contributed by atoms with van der Waals surface area (Å²) in [6, 6.07) is 0. The molecule has 3 nitrogen and oxygen atoms in total. The van der Waals surface area contributed by atoms with E-state index in [0.717, 1.165) is 12.8 Å². The van der Waals surface area contributed by atoms with Crippen molar-refractivity contribution in [1.29, 1.82) is 0 Å². The first-order valence-corrected chi connectivity index (χ1v) is 4.88. The molecule has 72 valence electrons. The van der Waals surface area contributed by atoms with Gasteiger partial charge in [0.15, 0.2) is 0 Å². The Morgan fingerprint density at radius 2 is 1.69 bits per heavy atom. The molecule has 0 aromatic carbocycles. The molecular weight excluding hydrogens is 166 g/mol. The smallest absolute Gasteiger partial charge is 0.226 e. The Hall–Kier alpha value is -0.960. The van der Waals surface area contributed by atoms with Crippen molar-refractivity contribution in [2.45, 2.75) is 32.6 Å². The van der Waals surface area contributed by atoms with Crippen LogP contribution in [0.25, 0.3) is 0 Å². The van der Waals surface area contributed by atoms with Crippen LogP contribution in [0.1, 0.15) is 32.6 Å². The second-order valence-electron chi connectivity index (χ2n) is 3.35. The molecule has 0 saturated heterocycles. The van der Waals surface area contributed by atoms with Gasteiger partial charge in [0.25, 0.3) is 0 Å². The minimum absolute atomic E-state index is 0.0819. The minimum Gasteiger partial charge on any atom is -0.226 e. The zero-order valence-electron chi connectivity index (χ0n) is 8.01. The predicted octanol–water partition coefficient (Wildman–Crippen LogP) is 0.0746. The van der Waals surface area contributed by atoms with Crippen LogP contribution >= 0.6 is 0 Å². The highest BCUT2D eigenvalue weighted by atomic mass is 16.2. The lowest BCUT2D eigenvalue weighted by molar-refractivity contribution is -0.730.